The molecule has 2 amide bonds. The number of nitrogens with zero attached hydrogens (tertiary/aromatic N) is 2. The highest BCUT2D eigenvalue weighted by Crippen LogP contribution is 2.29. The topological polar surface area (TPSA) is 139 Å². The van der Waals surface area contributed by atoms with E-state index in [0.717, 1.165) is 39.5 Å². The average Bonchev–Trinajstić information content (AvgIpc) is 3.33. The fraction of sp³-hybridized carbons (Fsp3) is 0.136. The van der Waals surface area contributed by atoms with E-state index in [-0.39, 0.29) is 17.5 Å². The first-order valence-electron chi connectivity index (χ1n) is 9.72. The summed E-state index contributed by atoms with van der Waals surface area (Å²) >= 11 is 1.07. The number of thioether (sulfide) groups is 1. The molecule has 1 aliphatic heterocycles. The number of benzene rings is 2. The molecule has 1 aliphatic rings. The van der Waals surface area contributed by atoms with Crippen molar-refractivity contribution in [1.29, 1.82) is 0 Å². The van der Waals surface area contributed by atoms with Crippen molar-refractivity contribution in [3.63, 3.8) is 0 Å². The summed E-state index contributed by atoms with van der Waals surface area (Å²) in [6, 6.07) is 17.7. The summed E-state index contributed by atoms with van der Waals surface area (Å²) in [5, 5.41) is 24.0. The molecule has 0 radical (unpaired) electrons. The molecule has 0 unspecified atom stereocenters. The maximum absolute atomic E-state index is 12.1. The lowest BCUT2D eigenvalue weighted by molar-refractivity contribution is -0.304. The molecule has 0 saturated carbocycles. The molecule has 10 heteroatoms. The molecular weight excluding hydrogens is 430 g/mol. The Morgan fingerprint density at radius 2 is 1.88 bits per heavy atom. The van der Waals surface area contributed by atoms with Gasteiger partial charge in [-0.2, -0.15) is 5.10 Å². The molecule has 162 valence electrons. The quantitative estimate of drug-likeness (QED) is 0.366. The molecule has 1 aromatic heterocycles. The van der Waals surface area contributed by atoms with Gasteiger partial charge in [-0.3, -0.25) is 9.59 Å². The Balaban J connectivity index is 1.51. The van der Waals surface area contributed by atoms with Crippen molar-refractivity contribution in [1.82, 2.24) is 15.6 Å². The minimum absolute atomic E-state index is 0.173. The SMILES string of the molecule is O=C([O-])CNC(=O)C[C@@H]1S/C(=N\N=C\c2c(-c3ccccc3)[nH]c3ccccc23)NC1=O. The number of nitrogens with one attached hydrogen (secondary N) is 3. The van der Waals surface area contributed by atoms with Crippen LogP contribution in [0.5, 0.6) is 0 Å². The zero-order valence-electron chi connectivity index (χ0n) is 16.7. The van der Waals surface area contributed by atoms with Gasteiger partial charge in [0.15, 0.2) is 5.17 Å². The monoisotopic (exact) mass is 448 g/mol. The molecule has 1 atom stereocenters. The highest BCUT2D eigenvalue weighted by molar-refractivity contribution is 8.15. The zero-order chi connectivity index (χ0) is 22.5. The summed E-state index contributed by atoms with van der Waals surface area (Å²) in [7, 11) is 0. The third-order valence-electron chi connectivity index (χ3n) is 4.72. The van der Waals surface area contributed by atoms with Crippen molar-refractivity contribution in [3.8, 4) is 11.3 Å². The van der Waals surface area contributed by atoms with Crippen molar-refractivity contribution < 1.29 is 19.5 Å². The number of para-hydroxylation sites is 1. The van der Waals surface area contributed by atoms with E-state index in [2.05, 4.69) is 25.8 Å². The fourth-order valence-corrected chi connectivity index (χ4v) is 4.19. The lowest BCUT2D eigenvalue weighted by Crippen LogP contribution is -2.39. The van der Waals surface area contributed by atoms with Crippen LogP contribution in [0.25, 0.3) is 22.2 Å². The van der Waals surface area contributed by atoms with E-state index < -0.39 is 23.7 Å². The van der Waals surface area contributed by atoms with Crippen LogP contribution in [0.1, 0.15) is 12.0 Å². The van der Waals surface area contributed by atoms with E-state index in [1.54, 1.807) is 6.21 Å². The number of fused-ring (bicyclic) bond motifs is 1. The number of amides is 2. The highest BCUT2D eigenvalue weighted by Gasteiger charge is 2.32. The third-order valence-corrected chi connectivity index (χ3v) is 5.79. The van der Waals surface area contributed by atoms with Crippen molar-refractivity contribution >= 4 is 51.8 Å². The van der Waals surface area contributed by atoms with Gasteiger partial charge in [0, 0.05) is 22.9 Å². The second kappa shape index (κ2) is 9.48. The summed E-state index contributed by atoms with van der Waals surface area (Å²) in [6.45, 7) is -0.600. The first kappa shape index (κ1) is 21.3. The Kier molecular flexibility index (Phi) is 6.31. The fourth-order valence-electron chi connectivity index (χ4n) is 3.27. The number of carboxylic acid groups (broad SMARTS) is 1. The van der Waals surface area contributed by atoms with Gasteiger partial charge in [0.1, 0.15) is 5.25 Å². The molecule has 0 spiro atoms. The number of hydrogen-bond acceptors (Lipinski definition) is 7. The number of carboxylic acids is 1. The second-order valence-corrected chi connectivity index (χ2v) is 8.12. The van der Waals surface area contributed by atoms with Gasteiger partial charge in [0.05, 0.1) is 24.4 Å². The number of aromatic nitrogens is 1. The van der Waals surface area contributed by atoms with Gasteiger partial charge >= 0.3 is 0 Å². The maximum atomic E-state index is 12.1. The molecule has 9 nitrogen and oxygen atoms in total. The molecule has 4 rings (SSSR count). The summed E-state index contributed by atoms with van der Waals surface area (Å²) in [4.78, 5) is 37.7. The Hall–Kier alpha value is -3.92. The number of carbonyl (C=O) groups excluding carboxylic acids is 3. The molecule has 1 saturated heterocycles. The molecule has 0 bridgehead atoms. The van der Waals surface area contributed by atoms with Gasteiger partial charge in [-0.25, -0.2) is 0 Å². The highest BCUT2D eigenvalue weighted by atomic mass is 32.2. The molecule has 2 aromatic carbocycles. The zero-order valence-corrected chi connectivity index (χ0v) is 17.5. The van der Waals surface area contributed by atoms with Gasteiger partial charge in [0.25, 0.3) is 0 Å². The van der Waals surface area contributed by atoms with E-state index in [9.17, 15) is 19.5 Å². The van der Waals surface area contributed by atoms with Crippen molar-refractivity contribution in [2.75, 3.05) is 6.54 Å². The minimum Gasteiger partial charge on any atom is -0.548 e. The largest absolute Gasteiger partial charge is 0.548 e. The second-order valence-electron chi connectivity index (χ2n) is 6.92. The number of hydrogen-bond donors (Lipinski definition) is 3. The number of carbonyl (C=O) groups is 3. The third kappa shape index (κ3) is 4.86. The van der Waals surface area contributed by atoms with E-state index in [1.165, 1.54) is 0 Å². The summed E-state index contributed by atoms with van der Waals surface area (Å²) in [5.74, 6) is -2.34. The van der Waals surface area contributed by atoms with Crippen LogP contribution in [0, 0.1) is 0 Å². The normalized spacial score (nSPS) is 17.2. The van der Waals surface area contributed by atoms with E-state index in [4.69, 9.17) is 0 Å². The van der Waals surface area contributed by atoms with E-state index >= 15 is 0 Å². The van der Waals surface area contributed by atoms with Gasteiger partial charge in [0.2, 0.25) is 11.8 Å². The molecule has 2 heterocycles. The van der Waals surface area contributed by atoms with Gasteiger partial charge in [-0.1, -0.05) is 60.3 Å². The van der Waals surface area contributed by atoms with E-state index in [0.29, 0.717) is 0 Å². The van der Waals surface area contributed by atoms with Crippen LogP contribution in [0.15, 0.2) is 64.8 Å². The Bertz CT molecular complexity index is 1240. The van der Waals surface area contributed by atoms with Crippen molar-refractivity contribution in [2.24, 2.45) is 10.2 Å². The number of aromatic amines is 1. The molecule has 3 aromatic rings. The van der Waals surface area contributed by atoms with Gasteiger partial charge in [-0.15, -0.1) is 5.10 Å². The van der Waals surface area contributed by atoms with Crippen LogP contribution in [-0.4, -0.2) is 45.9 Å². The number of H-pyrrole nitrogens is 1. The van der Waals surface area contributed by atoms with Gasteiger partial charge < -0.3 is 25.5 Å². The first-order chi connectivity index (χ1) is 15.5. The van der Waals surface area contributed by atoms with Crippen molar-refractivity contribution in [2.45, 2.75) is 11.7 Å². The van der Waals surface area contributed by atoms with Crippen LogP contribution in [0.3, 0.4) is 0 Å². The smallest absolute Gasteiger partial charge is 0.240 e. The van der Waals surface area contributed by atoms with Crippen LogP contribution in [0.2, 0.25) is 0 Å². The Morgan fingerprint density at radius 1 is 1.12 bits per heavy atom. The Morgan fingerprint density at radius 3 is 2.66 bits per heavy atom. The predicted octanol–water partition coefficient (Wildman–Crippen LogP) is 1.01. The minimum atomic E-state index is -1.40. The summed E-state index contributed by atoms with van der Waals surface area (Å²) in [6.07, 6.45) is 1.45. The van der Waals surface area contributed by atoms with Crippen molar-refractivity contribution in [3.05, 3.63) is 60.2 Å². The van der Waals surface area contributed by atoms with Crippen LogP contribution >= 0.6 is 11.8 Å². The number of rotatable bonds is 7. The van der Waals surface area contributed by atoms with Crippen LogP contribution in [0.4, 0.5) is 0 Å². The summed E-state index contributed by atoms with van der Waals surface area (Å²) in [5.41, 5.74) is 3.74. The lowest BCUT2D eigenvalue weighted by Gasteiger charge is -2.07. The average molecular weight is 448 g/mol. The molecule has 3 N–H and O–H groups in total. The van der Waals surface area contributed by atoms with Gasteiger partial charge in [-0.05, 0) is 11.6 Å². The standard InChI is InChI=1S/C22H19N5O4S/c28-18(23-12-19(29)30)10-17-21(31)26-22(32-17)27-24-11-15-14-8-4-5-9-16(14)25-20(15)13-6-2-1-3-7-13/h1-9,11,17,25H,10,12H2,(H,23,28)(H,29,30)(H,26,27,31)/p-1/b24-11+/t17-/m0/s1. The lowest BCUT2D eigenvalue weighted by atomic mass is 10.1. The molecule has 1 fully saturated rings. The number of amidine groups is 1. The van der Waals surface area contributed by atoms with Crippen LogP contribution in [-0.2, 0) is 14.4 Å². The Labute approximate surface area is 187 Å². The summed E-state index contributed by atoms with van der Waals surface area (Å²) < 4.78 is 0. The molecular formula is C22H18N5O4S-. The van der Waals surface area contributed by atoms with E-state index in [1.807, 2.05) is 54.6 Å². The first-order valence-corrected chi connectivity index (χ1v) is 10.6. The maximum Gasteiger partial charge on any atom is 0.240 e. The molecule has 32 heavy (non-hydrogen) atoms. The van der Waals surface area contributed by atoms with Crippen LogP contribution < -0.4 is 15.7 Å². The predicted molar refractivity (Wildman–Crippen MR) is 121 cm³/mol. The molecule has 0 aliphatic carbocycles. The number of aliphatic carboxylic acids is 1.